The summed E-state index contributed by atoms with van der Waals surface area (Å²) >= 11 is 0. The van der Waals surface area contributed by atoms with Crippen LogP contribution in [0.2, 0.25) is 0 Å². The molecule has 3 amide bonds. The van der Waals surface area contributed by atoms with Crippen LogP contribution in [0.5, 0.6) is 0 Å². The van der Waals surface area contributed by atoms with Crippen molar-refractivity contribution in [1.82, 2.24) is 16.0 Å². The molecule has 0 saturated carbocycles. The molecular weight excluding hydrogens is 454 g/mol. The third-order valence-electron chi connectivity index (χ3n) is 6.65. The number of rotatable bonds is 5. The number of hydrogen-bond acceptors (Lipinski definition) is 5. The molecule has 2 atom stereocenters. The molecule has 0 radical (unpaired) electrons. The van der Waals surface area contributed by atoms with Crippen LogP contribution in [0.15, 0.2) is 91.0 Å². The second kappa shape index (κ2) is 11.6. The van der Waals surface area contributed by atoms with Crippen molar-refractivity contribution in [1.29, 1.82) is 0 Å². The fourth-order valence-electron chi connectivity index (χ4n) is 4.89. The molecule has 0 spiro atoms. The molecule has 36 heavy (non-hydrogen) atoms. The van der Waals surface area contributed by atoms with Crippen LogP contribution in [-0.4, -0.2) is 37.6 Å². The lowest BCUT2D eigenvalue weighted by atomic mass is 9.83. The molecule has 3 aromatic carbocycles. The van der Waals surface area contributed by atoms with Crippen LogP contribution in [-0.2, 0) is 19.9 Å². The Morgan fingerprint density at radius 3 is 1.86 bits per heavy atom. The number of imide groups is 1. The molecule has 3 N–H and O–H groups in total. The van der Waals surface area contributed by atoms with Gasteiger partial charge in [-0.15, -0.1) is 0 Å². The molecule has 7 nitrogen and oxygen atoms in total. The van der Waals surface area contributed by atoms with Gasteiger partial charge in [-0.3, -0.25) is 14.9 Å². The van der Waals surface area contributed by atoms with Gasteiger partial charge in [0.25, 0.3) is 5.91 Å². The summed E-state index contributed by atoms with van der Waals surface area (Å²) in [5.41, 5.74) is 1.38. The topological polar surface area (TPSA) is 96.5 Å². The molecule has 3 aromatic rings. The summed E-state index contributed by atoms with van der Waals surface area (Å²) in [6.45, 7) is 0.991. The first-order valence-electron chi connectivity index (χ1n) is 12.2. The van der Waals surface area contributed by atoms with Crippen LogP contribution in [0, 0.1) is 0 Å². The lowest BCUT2D eigenvalue weighted by Crippen LogP contribution is -2.44. The Morgan fingerprint density at radius 1 is 0.861 bits per heavy atom. The van der Waals surface area contributed by atoms with E-state index in [-0.39, 0.29) is 23.8 Å². The van der Waals surface area contributed by atoms with E-state index in [1.54, 1.807) is 0 Å². The van der Waals surface area contributed by atoms with E-state index in [2.05, 4.69) is 16.0 Å². The molecule has 2 heterocycles. The van der Waals surface area contributed by atoms with Crippen LogP contribution in [0.1, 0.15) is 41.9 Å². The van der Waals surface area contributed by atoms with Crippen LogP contribution >= 0.6 is 0 Å². The molecule has 0 bridgehead atoms. The van der Waals surface area contributed by atoms with Crippen molar-refractivity contribution in [3.05, 3.63) is 108 Å². The first kappa shape index (κ1) is 25.1. The highest BCUT2D eigenvalue weighted by Crippen LogP contribution is 2.32. The monoisotopic (exact) mass is 485 g/mol. The van der Waals surface area contributed by atoms with E-state index in [1.807, 2.05) is 91.0 Å². The van der Waals surface area contributed by atoms with Crippen LogP contribution in [0.25, 0.3) is 0 Å². The Hall–Kier alpha value is -3.97. The predicted octanol–water partition coefficient (Wildman–Crippen LogP) is 3.85. The zero-order valence-corrected chi connectivity index (χ0v) is 20.3. The largest absolute Gasteiger partial charge is 0.469 e. The van der Waals surface area contributed by atoms with Gasteiger partial charge < -0.3 is 15.4 Å². The zero-order valence-electron chi connectivity index (χ0n) is 20.3. The number of benzene rings is 3. The molecular formula is C29H31N3O4. The number of methoxy groups -OCH3 is 1. The highest BCUT2D eigenvalue weighted by molar-refractivity contribution is 6.09. The predicted molar refractivity (Wildman–Crippen MR) is 137 cm³/mol. The number of amides is 3. The van der Waals surface area contributed by atoms with Crippen LogP contribution in [0.4, 0.5) is 4.79 Å². The fourth-order valence-corrected chi connectivity index (χ4v) is 4.89. The summed E-state index contributed by atoms with van der Waals surface area (Å²) in [7, 11) is 1.46. The fraction of sp³-hybridized carbons (Fsp3) is 0.276. The van der Waals surface area contributed by atoms with Crippen molar-refractivity contribution in [3.63, 3.8) is 0 Å². The minimum Gasteiger partial charge on any atom is -0.469 e. The maximum absolute atomic E-state index is 12.3. The molecule has 2 aliphatic rings. The number of nitrogens with one attached hydrogen (secondary N) is 3. The van der Waals surface area contributed by atoms with Gasteiger partial charge in [0.05, 0.1) is 13.0 Å². The van der Waals surface area contributed by atoms with Crippen molar-refractivity contribution in [2.75, 3.05) is 13.7 Å². The van der Waals surface area contributed by atoms with Crippen LogP contribution in [0.3, 0.4) is 0 Å². The average Bonchev–Trinajstić information content (AvgIpc) is 3.25. The highest BCUT2D eigenvalue weighted by atomic mass is 16.5. The number of hydrogen-bond donors (Lipinski definition) is 3. The van der Waals surface area contributed by atoms with Crippen molar-refractivity contribution in [2.24, 2.45) is 0 Å². The third kappa shape index (κ3) is 5.31. The first-order valence-corrected chi connectivity index (χ1v) is 12.2. The summed E-state index contributed by atoms with van der Waals surface area (Å²) in [5, 5.41) is 8.50. The lowest BCUT2D eigenvalue weighted by Gasteiger charge is -2.29. The Morgan fingerprint density at radius 2 is 1.42 bits per heavy atom. The van der Waals surface area contributed by atoms with Crippen LogP contribution < -0.4 is 16.0 Å². The Bertz CT molecular complexity index is 1120. The number of esters is 1. The Kier molecular flexibility index (Phi) is 8.13. The smallest absolute Gasteiger partial charge is 0.322 e. The molecule has 0 aliphatic carbocycles. The molecule has 7 heteroatoms. The maximum Gasteiger partial charge on any atom is 0.322 e. The van der Waals surface area contributed by atoms with Crippen molar-refractivity contribution >= 4 is 17.9 Å². The van der Waals surface area contributed by atoms with Gasteiger partial charge in [0.2, 0.25) is 0 Å². The first-order chi connectivity index (χ1) is 17.6. The normalized spacial score (nSPS) is 19.2. The van der Waals surface area contributed by atoms with E-state index in [4.69, 9.17) is 4.74 Å². The summed E-state index contributed by atoms with van der Waals surface area (Å²) in [5.74, 6) is -0.674. The molecule has 5 rings (SSSR count). The molecule has 2 saturated heterocycles. The summed E-state index contributed by atoms with van der Waals surface area (Å²) < 4.78 is 4.94. The minimum absolute atomic E-state index is 0.143. The Labute approximate surface area is 211 Å². The van der Waals surface area contributed by atoms with Gasteiger partial charge in [0.15, 0.2) is 5.54 Å². The second-order valence-corrected chi connectivity index (χ2v) is 8.86. The van der Waals surface area contributed by atoms with Gasteiger partial charge in [-0.25, -0.2) is 4.79 Å². The van der Waals surface area contributed by atoms with Gasteiger partial charge in [0.1, 0.15) is 0 Å². The van der Waals surface area contributed by atoms with Gasteiger partial charge >= 0.3 is 12.0 Å². The van der Waals surface area contributed by atoms with E-state index in [0.717, 1.165) is 29.7 Å². The number of urea groups is 1. The quantitative estimate of drug-likeness (QED) is 0.377. The summed E-state index contributed by atoms with van der Waals surface area (Å²) in [6.07, 6.45) is 3.41. The molecule has 2 fully saturated rings. The van der Waals surface area contributed by atoms with E-state index >= 15 is 0 Å². The number of carbonyl (C=O) groups is 3. The van der Waals surface area contributed by atoms with Gasteiger partial charge in [-0.05, 0) is 36.1 Å². The minimum atomic E-state index is -1.14. The molecule has 2 aliphatic heterocycles. The lowest BCUT2D eigenvalue weighted by molar-refractivity contribution is -0.143. The number of piperidine rings is 1. The number of carbonyl (C=O) groups excluding carboxylic acids is 3. The third-order valence-corrected chi connectivity index (χ3v) is 6.65. The second-order valence-electron chi connectivity index (χ2n) is 8.86. The molecule has 186 valence electrons. The Balaban J connectivity index is 0.000000170. The summed E-state index contributed by atoms with van der Waals surface area (Å²) in [6, 6.07) is 28.1. The van der Waals surface area contributed by atoms with E-state index < -0.39 is 11.6 Å². The van der Waals surface area contributed by atoms with E-state index in [1.165, 1.54) is 20.0 Å². The van der Waals surface area contributed by atoms with E-state index in [9.17, 15) is 14.4 Å². The van der Waals surface area contributed by atoms with Crippen molar-refractivity contribution in [3.8, 4) is 0 Å². The molecule has 2 unspecified atom stereocenters. The highest BCUT2D eigenvalue weighted by Gasteiger charge is 2.49. The number of ether oxygens (including phenoxy) is 1. The van der Waals surface area contributed by atoms with E-state index in [0.29, 0.717) is 0 Å². The van der Waals surface area contributed by atoms with Gasteiger partial charge in [-0.2, -0.15) is 0 Å². The zero-order chi connectivity index (χ0) is 25.4. The summed E-state index contributed by atoms with van der Waals surface area (Å²) in [4.78, 5) is 35.8. The standard InChI is InChI=1S/C15H12N2O2.C14H19NO2/c18-13-15(17-14(19)16-13,11-7-3-1-4-8-11)12-9-5-2-6-10-12;1-17-14(16)13(11-7-3-2-4-8-11)12-9-5-6-10-15-12/h1-10H,(H2,16,17,18,19);2-4,7-8,12-13,15H,5-6,9-10H2,1H3. The maximum atomic E-state index is 12.3. The molecule has 0 aromatic heterocycles. The average molecular weight is 486 g/mol. The van der Waals surface area contributed by atoms with Gasteiger partial charge in [-0.1, -0.05) is 97.4 Å². The van der Waals surface area contributed by atoms with Crippen molar-refractivity contribution in [2.45, 2.75) is 36.8 Å². The van der Waals surface area contributed by atoms with Gasteiger partial charge in [0, 0.05) is 6.04 Å². The van der Waals surface area contributed by atoms with Crippen molar-refractivity contribution < 1.29 is 19.1 Å². The SMILES string of the molecule is COC(=O)C(c1ccccc1)C1CCCCN1.O=C1NC(=O)C(c2ccccc2)(c2ccccc2)N1.